The molecule has 1 spiro atoms. The number of rotatable bonds is 7. The van der Waals surface area contributed by atoms with Crippen LogP contribution in [-0.4, -0.2) is 36.2 Å². The molecule has 29 heavy (non-hydrogen) atoms. The normalized spacial score (nSPS) is 46.1. The molecule has 0 radical (unpaired) electrons. The second-order valence-electron chi connectivity index (χ2n) is 10.1. The van der Waals surface area contributed by atoms with Crippen LogP contribution in [0.5, 0.6) is 0 Å². The van der Waals surface area contributed by atoms with E-state index in [2.05, 4.69) is 26.1 Å². The molecule has 5 fully saturated rings. The van der Waals surface area contributed by atoms with E-state index in [1.807, 2.05) is 6.92 Å². The van der Waals surface area contributed by atoms with Crippen LogP contribution in [-0.2, 0) is 24.0 Å². The number of nitrogens with one attached hydrogen (secondary N) is 1. The Morgan fingerprint density at radius 3 is 2.69 bits per heavy atom. The second kappa shape index (κ2) is 8.45. The summed E-state index contributed by atoms with van der Waals surface area (Å²) in [6, 6.07) is 0. The van der Waals surface area contributed by atoms with E-state index in [-0.39, 0.29) is 23.8 Å². The molecule has 1 N–H and O–H groups in total. The summed E-state index contributed by atoms with van der Waals surface area (Å²) >= 11 is 0. The van der Waals surface area contributed by atoms with Crippen molar-refractivity contribution < 1.29 is 24.0 Å². The minimum Gasteiger partial charge on any atom is -0.356 e. The molecule has 1 amide bonds. The largest absolute Gasteiger partial charge is 0.356 e. The SMILES string of the molecule is CCCCCCNC(=O)C[C@H]1O[C@@H]2O[C@@]3(C)CC[C@H]4[C@H](C)CC[C@@H]([C@H]1C)[C@@]24OO3. The molecule has 6 heteroatoms. The van der Waals surface area contributed by atoms with Gasteiger partial charge in [-0.05, 0) is 50.4 Å². The number of carbonyl (C=O) groups excluding carboxylic acids is 1. The Bertz CT molecular complexity index is 600. The first-order valence-corrected chi connectivity index (χ1v) is 11.9. The molecule has 5 aliphatic rings. The maximum Gasteiger partial charge on any atom is 0.222 e. The van der Waals surface area contributed by atoms with E-state index in [0.717, 1.165) is 32.2 Å². The standard InChI is InChI=1S/C23H39NO5/c1-5-6-7-8-13-24-20(25)14-19-16(3)18-10-9-15(2)17-11-12-22(4)27-21(26-19)23(17,18)29-28-22/h15-19,21H,5-14H2,1-4H3,(H,24,25)/t15-,16-,17+,18+,19-,21-,22-,23-/m1/s1. The molecule has 5 rings (SSSR count). The van der Waals surface area contributed by atoms with E-state index >= 15 is 0 Å². The minimum atomic E-state index is -0.760. The molecular weight excluding hydrogens is 370 g/mol. The molecular formula is C23H39NO5. The Kier molecular flexibility index (Phi) is 6.27. The zero-order valence-electron chi connectivity index (χ0n) is 18.6. The van der Waals surface area contributed by atoms with Gasteiger partial charge in [0, 0.05) is 18.9 Å². The van der Waals surface area contributed by atoms with E-state index < -0.39 is 17.7 Å². The topological polar surface area (TPSA) is 66.0 Å². The highest BCUT2D eigenvalue weighted by Gasteiger charge is 2.69. The van der Waals surface area contributed by atoms with Gasteiger partial charge in [0.05, 0.1) is 12.5 Å². The average Bonchev–Trinajstić information content (AvgIpc) is 2.92. The van der Waals surface area contributed by atoms with Crippen LogP contribution in [0.1, 0.15) is 85.5 Å². The predicted octanol–water partition coefficient (Wildman–Crippen LogP) is 4.32. The Balaban J connectivity index is 1.45. The van der Waals surface area contributed by atoms with Crippen molar-refractivity contribution in [2.24, 2.45) is 23.7 Å². The van der Waals surface area contributed by atoms with E-state index in [9.17, 15) is 4.79 Å². The Morgan fingerprint density at radius 1 is 1.07 bits per heavy atom. The lowest BCUT2D eigenvalue weighted by molar-refractivity contribution is -0.570. The van der Waals surface area contributed by atoms with Crippen molar-refractivity contribution in [1.82, 2.24) is 5.32 Å². The fourth-order valence-corrected chi connectivity index (χ4v) is 6.25. The summed E-state index contributed by atoms with van der Waals surface area (Å²) in [7, 11) is 0. The summed E-state index contributed by atoms with van der Waals surface area (Å²) in [6.45, 7) is 9.42. The predicted molar refractivity (Wildman–Crippen MR) is 109 cm³/mol. The lowest BCUT2D eigenvalue weighted by Crippen LogP contribution is -2.70. The quantitative estimate of drug-likeness (QED) is 0.501. The van der Waals surface area contributed by atoms with Crippen LogP contribution >= 0.6 is 0 Å². The maximum atomic E-state index is 12.6. The zero-order chi connectivity index (χ0) is 20.6. The van der Waals surface area contributed by atoms with Gasteiger partial charge in [0.15, 0.2) is 11.9 Å². The van der Waals surface area contributed by atoms with Gasteiger partial charge in [-0.3, -0.25) is 4.79 Å². The third kappa shape index (κ3) is 3.86. The molecule has 166 valence electrons. The molecule has 2 bridgehead atoms. The van der Waals surface area contributed by atoms with E-state index in [4.69, 9.17) is 19.2 Å². The van der Waals surface area contributed by atoms with Crippen molar-refractivity contribution >= 4 is 5.91 Å². The second-order valence-corrected chi connectivity index (χ2v) is 10.1. The summed E-state index contributed by atoms with van der Waals surface area (Å²) in [6.07, 6.45) is 8.52. The lowest BCUT2D eigenvalue weighted by Gasteiger charge is -2.60. The summed E-state index contributed by atoms with van der Waals surface area (Å²) in [5.74, 6) is 0.752. The molecule has 0 unspecified atom stereocenters. The van der Waals surface area contributed by atoms with Crippen LogP contribution in [0, 0.1) is 23.7 Å². The van der Waals surface area contributed by atoms with Crippen LogP contribution in [0.2, 0.25) is 0 Å². The molecule has 0 aromatic carbocycles. The van der Waals surface area contributed by atoms with Crippen LogP contribution < -0.4 is 5.32 Å². The van der Waals surface area contributed by atoms with Crippen LogP contribution in [0.25, 0.3) is 0 Å². The van der Waals surface area contributed by atoms with E-state index in [1.165, 1.54) is 25.7 Å². The first-order valence-electron chi connectivity index (χ1n) is 11.9. The van der Waals surface area contributed by atoms with E-state index in [0.29, 0.717) is 18.3 Å². The van der Waals surface area contributed by atoms with Crippen LogP contribution in [0.3, 0.4) is 0 Å². The van der Waals surface area contributed by atoms with E-state index in [1.54, 1.807) is 0 Å². The molecule has 1 saturated carbocycles. The number of amides is 1. The molecule has 4 aliphatic heterocycles. The summed E-state index contributed by atoms with van der Waals surface area (Å²) in [5.41, 5.74) is -0.541. The van der Waals surface area contributed by atoms with Crippen LogP contribution in [0.4, 0.5) is 0 Å². The molecule has 8 atom stereocenters. The molecule has 0 aromatic rings. The molecule has 4 heterocycles. The highest BCUT2D eigenvalue weighted by Crippen LogP contribution is 2.60. The van der Waals surface area contributed by atoms with Gasteiger partial charge in [0.1, 0.15) is 0 Å². The Morgan fingerprint density at radius 2 is 1.90 bits per heavy atom. The number of carbonyl (C=O) groups is 1. The number of hydrogen-bond acceptors (Lipinski definition) is 5. The average molecular weight is 410 g/mol. The van der Waals surface area contributed by atoms with Crippen molar-refractivity contribution in [1.29, 1.82) is 0 Å². The number of ether oxygens (including phenoxy) is 2. The van der Waals surface area contributed by atoms with Gasteiger partial charge in [0.25, 0.3) is 0 Å². The van der Waals surface area contributed by atoms with Crippen molar-refractivity contribution in [3.8, 4) is 0 Å². The van der Waals surface area contributed by atoms with Gasteiger partial charge in [0.2, 0.25) is 11.7 Å². The van der Waals surface area contributed by atoms with Gasteiger partial charge < -0.3 is 14.8 Å². The van der Waals surface area contributed by atoms with Crippen molar-refractivity contribution in [3.05, 3.63) is 0 Å². The first-order chi connectivity index (χ1) is 13.9. The molecule has 4 saturated heterocycles. The highest BCUT2D eigenvalue weighted by molar-refractivity contribution is 5.76. The third-order valence-electron chi connectivity index (χ3n) is 8.03. The zero-order valence-corrected chi connectivity index (χ0v) is 18.6. The number of fused-ring (bicyclic) bond motifs is 2. The van der Waals surface area contributed by atoms with Crippen molar-refractivity contribution in [2.75, 3.05) is 6.54 Å². The van der Waals surface area contributed by atoms with Gasteiger partial charge in [-0.15, -0.1) is 0 Å². The molecule has 1 aliphatic carbocycles. The highest BCUT2D eigenvalue weighted by atomic mass is 17.3. The fraction of sp³-hybridized carbons (Fsp3) is 0.957. The Hall–Kier alpha value is -0.690. The Labute approximate surface area is 175 Å². The first kappa shape index (κ1) is 21.5. The van der Waals surface area contributed by atoms with Gasteiger partial charge >= 0.3 is 0 Å². The smallest absolute Gasteiger partial charge is 0.222 e. The third-order valence-corrected chi connectivity index (χ3v) is 8.03. The van der Waals surface area contributed by atoms with Gasteiger partial charge in [-0.25, -0.2) is 9.78 Å². The summed E-state index contributed by atoms with van der Waals surface area (Å²) in [4.78, 5) is 24.6. The van der Waals surface area contributed by atoms with Crippen LogP contribution in [0.15, 0.2) is 0 Å². The molecule has 0 aromatic heterocycles. The number of hydrogen-bond donors (Lipinski definition) is 1. The van der Waals surface area contributed by atoms with Crippen molar-refractivity contribution in [3.63, 3.8) is 0 Å². The van der Waals surface area contributed by atoms with Gasteiger partial charge in [-0.1, -0.05) is 40.0 Å². The fourth-order valence-electron chi connectivity index (χ4n) is 6.25. The minimum absolute atomic E-state index is 0.0807. The molecule has 6 nitrogen and oxygen atoms in total. The lowest BCUT2D eigenvalue weighted by atomic mass is 9.57. The van der Waals surface area contributed by atoms with Gasteiger partial charge in [-0.2, -0.15) is 0 Å². The summed E-state index contributed by atoms with van der Waals surface area (Å²) < 4.78 is 12.8. The number of unbranched alkanes of at least 4 members (excludes halogenated alkanes) is 3. The van der Waals surface area contributed by atoms with Crippen molar-refractivity contribution in [2.45, 2.75) is 109 Å². The maximum absolute atomic E-state index is 12.6. The summed E-state index contributed by atoms with van der Waals surface area (Å²) in [5, 5.41) is 3.08. The monoisotopic (exact) mass is 409 g/mol.